The van der Waals surface area contributed by atoms with Crippen molar-refractivity contribution in [2.75, 3.05) is 0 Å². The zero-order valence-corrected chi connectivity index (χ0v) is 15.5. The fourth-order valence-corrected chi connectivity index (χ4v) is 4.32. The van der Waals surface area contributed by atoms with Crippen LogP contribution in [0.3, 0.4) is 0 Å². The number of aromatic nitrogens is 4. The van der Waals surface area contributed by atoms with Crippen LogP contribution in [0.4, 0.5) is 0 Å². The summed E-state index contributed by atoms with van der Waals surface area (Å²) in [7, 11) is 0. The maximum absolute atomic E-state index is 13.2. The highest BCUT2D eigenvalue weighted by Gasteiger charge is 2.19. The average molecular weight is 372 g/mol. The van der Waals surface area contributed by atoms with Crippen molar-refractivity contribution in [3.63, 3.8) is 0 Å². The second-order valence-corrected chi connectivity index (χ2v) is 7.40. The van der Waals surface area contributed by atoms with Gasteiger partial charge in [-0.2, -0.15) is 0 Å². The molecule has 0 aliphatic rings. The van der Waals surface area contributed by atoms with Crippen molar-refractivity contribution < 1.29 is 0 Å². The smallest absolute Gasteiger partial charge is 0.263 e. The number of benzene rings is 2. The zero-order chi connectivity index (χ0) is 18.4. The second kappa shape index (κ2) is 6.17. The van der Waals surface area contributed by atoms with Gasteiger partial charge >= 0.3 is 0 Å². The van der Waals surface area contributed by atoms with Crippen molar-refractivity contribution >= 4 is 28.0 Å². The fourth-order valence-electron chi connectivity index (χ4n) is 3.42. The molecule has 0 aliphatic carbocycles. The van der Waals surface area contributed by atoms with Crippen LogP contribution in [0.25, 0.3) is 27.4 Å². The molecule has 27 heavy (non-hydrogen) atoms. The van der Waals surface area contributed by atoms with Gasteiger partial charge in [0, 0.05) is 0 Å². The molecule has 132 valence electrons. The SMILES string of the molecule is Cc1ccsc1-c1nnc2n(Cc3ccccc3)c(=O)c3ccccc3n12. The topological polar surface area (TPSA) is 52.2 Å². The lowest BCUT2D eigenvalue weighted by atomic mass is 10.2. The summed E-state index contributed by atoms with van der Waals surface area (Å²) in [5.41, 5.74) is 2.98. The van der Waals surface area contributed by atoms with Gasteiger partial charge in [-0.1, -0.05) is 42.5 Å². The predicted octanol–water partition coefficient (Wildman–Crippen LogP) is 4.13. The molecular weight excluding hydrogens is 356 g/mol. The highest BCUT2D eigenvalue weighted by molar-refractivity contribution is 7.13. The Morgan fingerprint density at radius 1 is 0.963 bits per heavy atom. The molecule has 5 nitrogen and oxygen atoms in total. The molecule has 3 heterocycles. The van der Waals surface area contributed by atoms with Crippen molar-refractivity contribution in [3.8, 4) is 10.7 Å². The van der Waals surface area contributed by atoms with Gasteiger partial charge in [-0.15, -0.1) is 21.5 Å². The van der Waals surface area contributed by atoms with Gasteiger partial charge in [0.05, 0.1) is 22.3 Å². The Balaban J connectivity index is 1.87. The van der Waals surface area contributed by atoms with Crippen LogP contribution in [-0.4, -0.2) is 19.2 Å². The molecule has 0 spiro atoms. The van der Waals surface area contributed by atoms with E-state index < -0.39 is 0 Å². The van der Waals surface area contributed by atoms with Crippen LogP contribution < -0.4 is 5.56 Å². The third kappa shape index (κ3) is 2.49. The number of thiophene rings is 1. The third-order valence-corrected chi connectivity index (χ3v) is 5.77. The summed E-state index contributed by atoms with van der Waals surface area (Å²) in [6.45, 7) is 2.52. The van der Waals surface area contributed by atoms with Crippen LogP contribution in [-0.2, 0) is 6.54 Å². The molecule has 0 saturated carbocycles. The minimum absolute atomic E-state index is 0.0520. The van der Waals surface area contributed by atoms with Gasteiger partial charge in [0.25, 0.3) is 5.56 Å². The van der Waals surface area contributed by atoms with Gasteiger partial charge in [-0.3, -0.25) is 13.8 Å². The van der Waals surface area contributed by atoms with E-state index >= 15 is 0 Å². The first-order valence-corrected chi connectivity index (χ1v) is 9.57. The predicted molar refractivity (Wildman–Crippen MR) is 108 cm³/mol. The molecule has 0 fully saturated rings. The van der Waals surface area contributed by atoms with E-state index in [9.17, 15) is 4.79 Å². The average Bonchev–Trinajstić information content (AvgIpc) is 3.32. The standard InChI is InChI=1S/C21H16N4OS/c1-14-11-12-27-18(14)19-22-23-21-24(13-15-7-3-2-4-8-15)20(26)16-9-5-6-10-17(16)25(19)21/h2-12H,13H2,1H3. The molecule has 2 aromatic carbocycles. The molecule has 5 rings (SSSR count). The summed E-state index contributed by atoms with van der Waals surface area (Å²) < 4.78 is 3.70. The summed E-state index contributed by atoms with van der Waals surface area (Å²) in [6.07, 6.45) is 0. The van der Waals surface area contributed by atoms with Gasteiger partial charge in [0.2, 0.25) is 5.78 Å². The van der Waals surface area contributed by atoms with E-state index in [0.717, 1.165) is 27.3 Å². The maximum atomic E-state index is 13.2. The number of hydrogen-bond donors (Lipinski definition) is 0. The molecule has 6 heteroatoms. The maximum Gasteiger partial charge on any atom is 0.263 e. The molecule has 0 saturated heterocycles. The van der Waals surface area contributed by atoms with E-state index in [1.54, 1.807) is 15.9 Å². The molecular formula is C21H16N4OS. The Morgan fingerprint density at radius 2 is 1.74 bits per heavy atom. The number of fused-ring (bicyclic) bond motifs is 3. The molecule has 0 atom stereocenters. The van der Waals surface area contributed by atoms with Crippen molar-refractivity contribution in [1.82, 2.24) is 19.2 Å². The Kier molecular flexibility index (Phi) is 3.65. The second-order valence-electron chi connectivity index (χ2n) is 6.49. The third-order valence-electron chi connectivity index (χ3n) is 4.76. The van der Waals surface area contributed by atoms with Crippen molar-refractivity contribution in [2.45, 2.75) is 13.5 Å². The van der Waals surface area contributed by atoms with Crippen LogP contribution in [0.15, 0.2) is 70.8 Å². The minimum Gasteiger partial charge on any atom is -0.272 e. The Labute approximate surface area is 159 Å². The van der Waals surface area contributed by atoms with Gasteiger partial charge in [0.15, 0.2) is 5.82 Å². The Bertz CT molecular complexity index is 1330. The molecule has 0 radical (unpaired) electrons. The zero-order valence-electron chi connectivity index (χ0n) is 14.7. The summed E-state index contributed by atoms with van der Waals surface area (Å²) in [6, 6.07) is 19.7. The van der Waals surface area contributed by atoms with E-state index in [-0.39, 0.29) is 5.56 Å². The molecule has 0 amide bonds. The van der Waals surface area contributed by atoms with Crippen molar-refractivity contribution in [1.29, 1.82) is 0 Å². The van der Waals surface area contributed by atoms with E-state index in [1.165, 1.54) is 0 Å². The van der Waals surface area contributed by atoms with Crippen LogP contribution >= 0.6 is 11.3 Å². The largest absolute Gasteiger partial charge is 0.272 e. The van der Waals surface area contributed by atoms with Gasteiger partial charge in [-0.05, 0) is 41.6 Å². The number of rotatable bonds is 3. The summed E-state index contributed by atoms with van der Waals surface area (Å²) in [5.74, 6) is 1.33. The van der Waals surface area contributed by atoms with E-state index in [4.69, 9.17) is 0 Å². The first-order valence-electron chi connectivity index (χ1n) is 8.69. The number of aryl methyl sites for hydroxylation is 1. The van der Waals surface area contributed by atoms with Crippen LogP contribution in [0, 0.1) is 6.92 Å². The molecule has 0 N–H and O–H groups in total. The van der Waals surface area contributed by atoms with Gasteiger partial charge in [0.1, 0.15) is 0 Å². The molecule has 0 aliphatic heterocycles. The van der Waals surface area contributed by atoms with Crippen LogP contribution in [0.5, 0.6) is 0 Å². The summed E-state index contributed by atoms with van der Waals surface area (Å²) in [4.78, 5) is 14.3. The molecule has 0 bridgehead atoms. The normalized spacial score (nSPS) is 11.4. The fraction of sp³-hybridized carbons (Fsp3) is 0.0952. The van der Waals surface area contributed by atoms with Crippen molar-refractivity contribution in [3.05, 3.63) is 87.5 Å². The Morgan fingerprint density at radius 3 is 2.52 bits per heavy atom. The van der Waals surface area contributed by atoms with E-state index in [2.05, 4.69) is 23.2 Å². The molecule has 3 aromatic heterocycles. The lowest BCUT2D eigenvalue weighted by molar-refractivity contribution is 0.767. The highest BCUT2D eigenvalue weighted by Crippen LogP contribution is 2.29. The minimum atomic E-state index is -0.0520. The number of nitrogens with zero attached hydrogens (tertiary/aromatic N) is 4. The Hall–Kier alpha value is -3.25. The molecule has 5 aromatic rings. The van der Waals surface area contributed by atoms with Crippen LogP contribution in [0.2, 0.25) is 0 Å². The van der Waals surface area contributed by atoms with Gasteiger partial charge < -0.3 is 0 Å². The lowest BCUT2D eigenvalue weighted by Gasteiger charge is -2.11. The molecule has 0 unspecified atom stereocenters. The lowest BCUT2D eigenvalue weighted by Crippen LogP contribution is -2.24. The summed E-state index contributed by atoms with van der Waals surface area (Å²) >= 11 is 1.63. The van der Waals surface area contributed by atoms with Gasteiger partial charge in [-0.25, -0.2) is 0 Å². The highest BCUT2D eigenvalue weighted by atomic mass is 32.1. The quantitative estimate of drug-likeness (QED) is 0.478. The first kappa shape index (κ1) is 16.0. The number of para-hydroxylation sites is 1. The first-order chi connectivity index (χ1) is 13.2. The van der Waals surface area contributed by atoms with Crippen LogP contribution in [0.1, 0.15) is 11.1 Å². The number of hydrogen-bond acceptors (Lipinski definition) is 4. The van der Waals surface area contributed by atoms with E-state index in [1.807, 2.05) is 64.4 Å². The van der Waals surface area contributed by atoms with E-state index in [0.29, 0.717) is 17.7 Å². The summed E-state index contributed by atoms with van der Waals surface area (Å²) in [5, 5.41) is 11.6. The monoisotopic (exact) mass is 372 g/mol. The van der Waals surface area contributed by atoms with Crippen molar-refractivity contribution in [2.24, 2.45) is 0 Å².